The van der Waals surface area contributed by atoms with Crippen molar-refractivity contribution < 1.29 is 9.90 Å². The van der Waals surface area contributed by atoms with Gasteiger partial charge in [0, 0.05) is 18.2 Å². The summed E-state index contributed by atoms with van der Waals surface area (Å²) < 4.78 is 1.64. The van der Waals surface area contributed by atoms with E-state index in [1.54, 1.807) is 17.7 Å². The van der Waals surface area contributed by atoms with Gasteiger partial charge in [0.1, 0.15) is 0 Å². The van der Waals surface area contributed by atoms with Gasteiger partial charge in [-0.3, -0.25) is 0 Å². The molecule has 0 aromatic carbocycles. The molecule has 1 heterocycles. The number of carbonyl (C=O) groups is 1. The molecule has 0 bridgehead atoms. The molecule has 0 aliphatic heterocycles. The fraction of sp³-hybridized carbons (Fsp3) is 0.500. The lowest BCUT2D eigenvalue weighted by molar-refractivity contribution is 0.0687. The maximum atomic E-state index is 10.9. The lowest BCUT2D eigenvalue weighted by atomic mass is 9.92. The highest BCUT2D eigenvalue weighted by Gasteiger charge is 2.23. The molecule has 0 unspecified atom stereocenters. The molecule has 0 radical (unpaired) electrons. The molecule has 0 spiro atoms. The molecular weight excluding hydrogens is 180 g/mol. The normalized spacial score (nSPS) is 11.7. The number of aromatic carboxylic acids is 1. The van der Waals surface area contributed by atoms with Crippen LogP contribution in [0.2, 0.25) is 0 Å². The quantitative estimate of drug-likeness (QED) is 0.716. The van der Waals surface area contributed by atoms with Gasteiger partial charge in [-0.15, -0.1) is 0 Å². The number of nitrogens with zero attached hydrogens (tertiary/aromatic N) is 1. The highest BCUT2D eigenvalue weighted by atomic mass is 16.4. The van der Waals surface area contributed by atoms with E-state index in [0.717, 1.165) is 5.69 Å². The second-order valence-electron chi connectivity index (χ2n) is 4.45. The fourth-order valence-electron chi connectivity index (χ4n) is 1.61. The summed E-state index contributed by atoms with van der Waals surface area (Å²) in [5, 5.41) is 8.92. The minimum absolute atomic E-state index is 0.101. The van der Waals surface area contributed by atoms with Crippen molar-refractivity contribution in [3.05, 3.63) is 17.5 Å². The zero-order valence-corrected chi connectivity index (χ0v) is 8.96. The summed E-state index contributed by atoms with van der Waals surface area (Å²) in [5.41, 5.74) is 6.95. The topological polar surface area (TPSA) is 68.2 Å². The molecule has 1 aromatic rings. The van der Waals surface area contributed by atoms with Gasteiger partial charge in [-0.25, -0.2) is 4.79 Å². The molecule has 0 fully saturated rings. The maximum absolute atomic E-state index is 10.9. The lowest BCUT2D eigenvalue weighted by Crippen LogP contribution is -2.18. The van der Waals surface area contributed by atoms with Crippen molar-refractivity contribution >= 4 is 11.7 Å². The molecule has 0 aliphatic rings. The van der Waals surface area contributed by atoms with Crippen molar-refractivity contribution in [2.24, 2.45) is 7.05 Å². The Labute approximate surface area is 83.3 Å². The molecular formula is C10H16N2O2. The van der Waals surface area contributed by atoms with Crippen LogP contribution in [0.15, 0.2) is 6.07 Å². The van der Waals surface area contributed by atoms with Gasteiger partial charge >= 0.3 is 5.97 Å². The number of nitrogens with two attached hydrogens (primary N) is 1. The number of hydrogen-bond acceptors (Lipinski definition) is 2. The molecule has 0 aliphatic carbocycles. The predicted molar refractivity (Wildman–Crippen MR) is 55.5 cm³/mol. The van der Waals surface area contributed by atoms with Crippen molar-refractivity contribution in [1.29, 1.82) is 0 Å². The number of nitrogen functional groups attached to an aromatic ring is 1. The first-order chi connectivity index (χ1) is 6.25. The Morgan fingerprint density at radius 3 is 2.21 bits per heavy atom. The summed E-state index contributed by atoms with van der Waals surface area (Å²) in [6.45, 7) is 6.06. The average molecular weight is 196 g/mol. The molecule has 0 atom stereocenters. The summed E-state index contributed by atoms with van der Waals surface area (Å²) in [6.07, 6.45) is 0. The molecule has 0 amide bonds. The minimum atomic E-state index is -0.986. The zero-order chi connectivity index (χ0) is 11.1. The Morgan fingerprint density at radius 2 is 2.00 bits per heavy atom. The van der Waals surface area contributed by atoms with Crippen LogP contribution in [0.4, 0.5) is 5.69 Å². The molecule has 3 N–H and O–H groups in total. The molecule has 4 heteroatoms. The van der Waals surface area contributed by atoms with Gasteiger partial charge in [0.2, 0.25) is 0 Å². The molecule has 0 saturated heterocycles. The molecule has 78 valence electrons. The fourth-order valence-corrected chi connectivity index (χ4v) is 1.61. The first-order valence-corrected chi connectivity index (χ1v) is 4.44. The first kappa shape index (κ1) is 10.6. The lowest BCUT2D eigenvalue weighted by Gasteiger charge is -2.19. The molecule has 4 nitrogen and oxygen atoms in total. The van der Waals surface area contributed by atoms with Crippen LogP contribution in [0.3, 0.4) is 0 Å². The summed E-state index contributed by atoms with van der Waals surface area (Å²) in [4.78, 5) is 10.9. The third kappa shape index (κ3) is 1.60. The van der Waals surface area contributed by atoms with E-state index in [1.807, 2.05) is 20.8 Å². The van der Waals surface area contributed by atoms with E-state index in [2.05, 4.69) is 0 Å². The van der Waals surface area contributed by atoms with E-state index >= 15 is 0 Å². The number of anilines is 1. The molecule has 14 heavy (non-hydrogen) atoms. The van der Waals surface area contributed by atoms with Crippen LogP contribution in [-0.2, 0) is 12.5 Å². The van der Waals surface area contributed by atoms with Crippen LogP contribution in [0.25, 0.3) is 0 Å². The highest BCUT2D eigenvalue weighted by molar-refractivity contribution is 5.92. The minimum Gasteiger partial charge on any atom is -0.477 e. The number of carboxylic acid groups (broad SMARTS) is 1. The Bertz CT molecular complexity index is 372. The van der Waals surface area contributed by atoms with Gasteiger partial charge in [-0.2, -0.15) is 0 Å². The van der Waals surface area contributed by atoms with Crippen LogP contribution in [0.5, 0.6) is 0 Å². The van der Waals surface area contributed by atoms with Crippen molar-refractivity contribution in [3.63, 3.8) is 0 Å². The third-order valence-corrected chi connectivity index (χ3v) is 2.23. The Balaban J connectivity index is 3.39. The molecule has 0 saturated carbocycles. The average Bonchev–Trinajstić information content (AvgIpc) is 2.24. The zero-order valence-electron chi connectivity index (χ0n) is 8.96. The van der Waals surface area contributed by atoms with Gasteiger partial charge in [0.05, 0.1) is 5.69 Å². The monoisotopic (exact) mass is 196 g/mol. The van der Waals surface area contributed by atoms with Gasteiger partial charge in [0.15, 0.2) is 5.69 Å². The van der Waals surface area contributed by atoms with E-state index in [4.69, 9.17) is 10.8 Å². The highest BCUT2D eigenvalue weighted by Crippen LogP contribution is 2.27. The van der Waals surface area contributed by atoms with Gasteiger partial charge in [-0.05, 0) is 6.07 Å². The van der Waals surface area contributed by atoms with Gasteiger partial charge < -0.3 is 15.4 Å². The number of rotatable bonds is 1. The Kier molecular flexibility index (Phi) is 2.31. The molecule has 1 aromatic heterocycles. The number of aromatic nitrogens is 1. The summed E-state index contributed by atoms with van der Waals surface area (Å²) >= 11 is 0. The summed E-state index contributed by atoms with van der Waals surface area (Å²) in [5.74, 6) is -0.986. The summed E-state index contributed by atoms with van der Waals surface area (Å²) in [6, 6.07) is 1.73. The van der Waals surface area contributed by atoms with Crippen LogP contribution >= 0.6 is 0 Å². The van der Waals surface area contributed by atoms with E-state index in [0.29, 0.717) is 5.69 Å². The first-order valence-electron chi connectivity index (χ1n) is 4.44. The van der Waals surface area contributed by atoms with E-state index in [-0.39, 0.29) is 11.1 Å². The second kappa shape index (κ2) is 3.04. The van der Waals surface area contributed by atoms with E-state index < -0.39 is 5.97 Å². The van der Waals surface area contributed by atoms with Crippen LogP contribution < -0.4 is 5.73 Å². The largest absolute Gasteiger partial charge is 0.477 e. The van der Waals surface area contributed by atoms with Crippen LogP contribution in [-0.4, -0.2) is 15.6 Å². The third-order valence-electron chi connectivity index (χ3n) is 2.23. The Hall–Kier alpha value is -1.45. The molecule has 1 rings (SSSR count). The van der Waals surface area contributed by atoms with Crippen molar-refractivity contribution in [2.75, 3.05) is 5.73 Å². The summed E-state index contributed by atoms with van der Waals surface area (Å²) in [7, 11) is 1.72. The number of carboxylic acids is 1. The van der Waals surface area contributed by atoms with E-state index in [1.165, 1.54) is 0 Å². The smallest absolute Gasteiger partial charge is 0.354 e. The van der Waals surface area contributed by atoms with Crippen molar-refractivity contribution in [2.45, 2.75) is 26.2 Å². The maximum Gasteiger partial charge on any atom is 0.354 e. The van der Waals surface area contributed by atoms with Crippen LogP contribution in [0, 0.1) is 0 Å². The van der Waals surface area contributed by atoms with E-state index in [9.17, 15) is 4.79 Å². The van der Waals surface area contributed by atoms with Gasteiger partial charge in [-0.1, -0.05) is 20.8 Å². The van der Waals surface area contributed by atoms with Gasteiger partial charge in [0.25, 0.3) is 0 Å². The van der Waals surface area contributed by atoms with Crippen molar-refractivity contribution in [1.82, 2.24) is 4.57 Å². The Morgan fingerprint density at radius 1 is 1.50 bits per heavy atom. The number of hydrogen-bond donors (Lipinski definition) is 2. The predicted octanol–water partition coefficient (Wildman–Crippen LogP) is 1.60. The standard InChI is InChI=1S/C10H16N2O2/c1-10(2,3)7-5-6(11)8(9(13)14)12(7)4/h5H,11H2,1-4H3,(H,13,14). The van der Waals surface area contributed by atoms with Crippen LogP contribution in [0.1, 0.15) is 37.0 Å². The van der Waals surface area contributed by atoms with Crippen molar-refractivity contribution in [3.8, 4) is 0 Å². The SMILES string of the molecule is Cn1c(C(C)(C)C)cc(N)c1C(=O)O. The second-order valence-corrected chi connectivity index (χ2v) is 4.45.